The van der Waals surface area contributed by atoms with Crippen molar-refractivity contribution in [2.75, 3.05) is 24.9 Å². The first-order chi connectivity index (χ1) is 14.0. The van der Waals surface area contributed by atoms with Gasteiger partial charge in [-0.1, -0.05) is 22.8 Å². The molecule has 2 aromatic heterocycles. The highest BCUT2D eigenvalue weighted by Crippen LogP contribution is 2.39. The minimum absolute atomic E-state index is 0.322. The summed E-state index contributed by atoms with van der Waals surface area (Å²) >= 11 is 7.68. The van der Waals surface area contributed by atoms with Crippen LogP contribution in [0.1, 0.15) is 17.8 Å². The molecule has 1 atom stereocenters. The van der Waals surface area contributed by atoms with Crippen molar-refractivity contribution in [1.82, 2.24) is 20.2 Å². The highest BCUT2D eigenvalue weighted by atomic mass is 35.5. The van der Waals surface area contributed by atoms with Gasteiger partial charge in [-0.3, -0.25) is 4.79 Å². The number of amides is 1. The van der Waals surface area contributed by atoms with E-state index in [1.54, 1.807) is 16.8 Å². The molecule has 29 heavy (non-hydrogen) atoms. The fourth-order valence-electron chi connectivity index (χ4n) is 3.16. The van der Waals surface area contributed by atoms with Crippen LogP contribution in [0.2, 0.25) is 5.02 Å². The standard InChI is InChI=1S/C18H17ClN6O3S/c1-9-15(16(14-5-4-6-29-14)25-18(20-9)22-23-24-25)17(26)21-11-8-12(27-2)10(19)7-13(11)28-3/h4-8,16H,1-3H3,(H,21,26)(H,20,22,24)/t16-/m0/s1. The van der Waals surface area contributed by atoms with Gasteiger partial charge in [0, 0.05) is 22.7 Å². The zero-order chi connectivity index (χ0) is 20.5. The number of ether oxygens (including phenoxy) is 2. The summed E-state index contributed by atoms with van der Waals surface area (Å²) in [6.45, 7) is 1.81. The molecule has 150 valence electrons. The smallest absolute Gasteiger partial charge is 0.256 e. The van der Waals surface area contributed by atoms with Crippen molar-refractivity contribution >= 4 is 40.5 Å². The van der Waals surface area contributed by atoms with Crippen molar-refractivity contribution < 1.29 is 14.3 Å². The van der Waals surface area contributed by atoms with Crippen LogP contribution in [0.5, 0.6) is 11.5 Å². The van der Waals surface area contributed by atoms with Crippen molar-refractivity contribution in [3.05, 3.63) is 50.8 Å². The number of anilines is 2. The number of hydrogen-bond donors (Lipinski definition) is 2. The number of hydrogen-bond acceptors (Lipinski definition) is 8. The summed E-state index contributed by atoms with van der Waals surface area (Å²) in [5.41, 5.74) is 1.58. The second-order valence-corrected chi connectivity index (χ2v) is 7.56. The van der Waals surface area contributed by atoms with Crippen LogP contribution in [0.4, 0.5) is 11.6 Å². The van der Waals surface area contributed by atoms with Gasteiger partial charge in [-0.25, -0.2) is 0 Å². The van der Waals surface area contributed by atoms with Gasteiger partial charge < -0.3 is 20.1 Å². The summed E-state index contributed by atoms with van der Waals surface area (Å²) in [6.07, 6.45) is 0. The Morgan fingerprint density at radius 1 is 1.31 bits per heavy atom. The van der Waals surface area contributed by atoms with Gasteiger partial charge in [-0.15, -0.1) is 11.3 Å². The molecule has 3 heterocycles. The van der Waals surface area contributed by atoms with Crippen LogP contribution in [-0.2, 0) is 4.79 Å². The number of aromatic nitrogens is 4. The van der Waals surface area contributed by atoms with E-state index in [9.17, 15) is 4.79 Å². The third-order valence-electron chi connectivity index (χ3n) is 4.49. The molecule has 0 radical (unpaired) electrons. The van der Waals surface area contributed by atoms with Crippen LogP contribution < -0.4 is 20.1 Å². The molecule has 0 fully saturated rings. The van der Waals surface area contributed by atoms with Crippen LogP contribution in [-0.4, -0.2) is 40.3 Å². The molecule has 1 amide bonds. The van der Waals surface area contributed by atoms with Crippen molar-refractivity contribution in [3.8, 4) is 11.5 Å². The fourth-order valence-corrected chi connectivity index (χ4v) is 4.21. The summed E-state index contributed by atoms with van der Waals surface area (Å²) in [5.74, 6) is 0.996. The van der Waals surface area contributed by atoms with Crippen molar-refractivity contribution in [1.29, 1.82) is 0 Å². The van der Waals surface area contributed by atoms with Crippen molar-refractivity contribution in [2.24, 2.45) is 0 Å². The minimum atomic E-state index is -0.457. The normalized spacial score (nSPS) is 15.5. The third-order valence-corrected chi connectivity index (χ3v) is 5.71. The van der Waals surface area contributed by atoms with E-state index in [0.29, 0.717) is 39.4 Å². The largest absolute Gasteiger partial charge is 0.495 e. The Morgan fingerprint density at radius 2 is 2.10 bits per heavy atom. The lowest BCUT2D eigenvalue weighted by Gasteiger charge is -2.27. The second kappa shape index (κ2) is 7.72. The number of nitrogens with one attached hydrogen (secondary N) is 2. The molecule has 9 nitrogen and oxygen atoms in total. The van der Waals surface area contributed by atoms with Crippen LogP contribution in [0, 0.1) is 0 Å². The molecule has 1 aliphatic rings. The second-order valence-electron chi connectivity index (χ2n) is 6.17. The number of allylic oxidation sites excluding steroid dienone is 1. The first-order valence-electron chi connectivity index (χ1n) is 8.55. The lowest BCUT2D eigenvalue weighted by molar-refractivity contribution is -0.113. The molecular weight excluding hydrogens is 416 g/mol. The number of carbonyl (C=O) groups excluding carboxylic acids is 1. The number of fused-ring (bicyclic) bond motifs is 1. The number of rotatable bonds is 5. The molecule has 4 rings (SSSR count). The van der Waals surface area contributed by atoms with E-state index in [1.807, 2.05) is 24.4 Å². The third kappa shape index (κ3) is 3.40. The van der Waals surface area contributed by atoms with Crippen LogP contribution in [0.3, 0.4) is 0 Å². The lowest BCUT2D eigenvalue weighted by atomic mass is 10.0. The van der Waals surface area contributed by atoms with E-state index < -0.39 is 6.04 Å². The van der Waals surface area contributed by atoms with Gasteiger partial charge in [0.15, 0.2) is 0 Å². The maximum absolute atomic E-state index is 13.4. The number of thiophene rings is 1. The average molecular weight is 433 g/mol. The lowest BCUT2D eigenvalue weighted by Crippen LogP contribution is -2.31. The van der Waals surface area contributed by atoms with Crippen LogP contribution in [0.25, 0.3) is 0 Å². The molecule has 1 aliphatic heterocycles. The topological polar surface area (TPSA) is 103 Å². The Balaban J connectivity index is 1.74. The number of nitrogens with zero attached hydrogens (tertiary/aromatic N) is 4. The summed E-state index contributed by atoms with van der Waals surface area (Å²) in [7, 11) is 3.01. The quantitative estimate of drug-likeness (QED) is 0.637. The average Bonchev–Trinajstić information content (AvgIpc) is 3.39. The number of halogens is 1. The molecule has 0 aliphatic carbocycles. The highest BCUT2D eigenvalue weighted by molar-refractivity contribution is 7.10. The number of tetrazole rings is 1. The first-order valence-corrected chi connectivity index (χ1v) is 9.81. The molecule has 0 bridgehead atoms. The van der Waals surface area contributed by atoms with E-state index in [4.69, 9.17) is 21.1 Å². The molecule has 0 unspecified atom stereocenters. The van der Waals surface area contributed by atoms with Gasteiger partial charge in [0.1, 0.15) is 17.5 Å². The van der Waals surface area contributed by atoms with Gasteiger partial charge >= 0.3 is 0 Å². The predicted octanol–water partition coefficient (Wildman–Crippen LogP) is 3.33. The number of carbonyl (C=O) groups is 1. The Bertz CT molecular complexity index is 1100. The Kier molecular flexibility index (Phi) is 5.12. The summed E-state index contributed by atoms with van der Waals surface area (Å²) in [6, 6.07) is 6.62. The zero-order valence-electron chi connectivity index (χ0n) is 15.8. The minimum Gasteiger partial charge on any atom is -0.495 e. The number of benzene rings is 1. The van der Waals surface area contributed by atoms with E-state index in [-0.39, 0.29) is 5.91 Å². The predicted molar refractivity (Wildman–Crippen MR) is 110 cm³/mol. The van der Waals surface area contributed by atoms with E-state index >= 15 is 0 Å². The van der Waals surface area contributed by atoms with E-state index in [0.717, 1.165) is 4.88 Å². The Hall–Kier alpha value is -3.11. The summed E-state index contributed by atoms with van der Waals surface area (Å²) < 4.78 is 12.2. The molecule has 2 N–H and O–H groups in total. The summed E-state index contributed by atoms with van der Waals surface area (Å²) in [4.78, 5) is 14.3. The zero-order valence-corrected chi connectivity index (χ0v) is 17.3. The SMILES string of the molecule is COc1cc(NC(=O)C2=C(C)Nc3nnnn3[C@H]2c2cccs2)c(OC)cc1Cl. The van der Waals surface area contributed by atoms with Gasteiger partial charge in [-0.05, 0) is 28.8 Å². The highest BCUT2D eigenvalue weighted by Gasteiger charge is 2.35. The van der Waals surface area contributed by atoms with Gasteiger partial charge in [-0.2, -0.15) is 4.68 Å². The fraction of sp³-hybridized carbons (Fsp3) is 0.222. The molecule has 0 saturated heterocycles. The van der Waals surface area contributed by atoms with Crippen LogP contribution >= 0.6 is 22.9 Å². The molecule has 0 spiro atoms. The molecular formula is C18H17ClN6O3S. The monoisotopic (exact) mass is 432 g/mol. The maximum atomic E-state index is 13.4. The molecule has 1 aromatic carbocycles. The van der Waals surface area contributed by atoms with Crippen molar-refractivity contribution in [3.63, 3.8) is 0 Å². The van der Waals surface area contributed by atoms with E-state index in [2.05, 4.69) is 26.2 Å². The van der Waals surface area contributed by atoms with Crippen LogP contribution in [0.15, 0.2) is 40.9 Å². The Labute approximate surface area is 175 Å². The number of methoxy groups -OCH3 is 2. The first kappa shape index (κ1) is 19.2. The molecule has 11 heteroatoms. The molecule has 3 aromatic rings. The van der Waals surface area contributed by atoms with Gasteiger partial charge in [0.2, 0.25) is 5.95 Å². The Morgan fingerprint density at radius 3 is 2.79 bits per heavy atom. The summed E-state index contributed by atoms with van der Waals surface area (Å²) in [5, 5.41) is 20.1. The maximum Gasteiger partial charge on any atom is 0.256 e. The van der Waals surface area contributed by atoms with Gasteiger partial charge in [0.25, 0.3) is 5.91 Å². The van der Waals surface area contributed by atoms with Crippen molar-refractivity contribution in [2.45, 2.75) is 13.0 Å². The van der Waals surface area contributed by atoms with E-state index in [1.165, 1.54) is 25.6 Å². The van der Waals surface area contributed by atoms with Gasteiger partial charge in [0.05, 0.1) is 30.5 Å². The molecule has 0 saturated carbocycles.